The zero-order chi connectivity index (χ0) is 45.2. The van der Waals surface area contributed by atoms with Crippen LogP contribution in [0.3, 0.4) is 0 Å². The van der Waals surface area contributed by atoms with Crippen LogP contribution in [0.2, 0.25) is 0 Å². The van der Waals surface area contributed by atoms with Crippen molar-refractivity contribution >= 4 is 55.5 Å². The molecule has 0 fully saturated rings. The number of aliphatic imine (C=N–C) groups is 1. The zero-order valence-electron chi connectivity index (χ0n) is 37.9. The summed E-state index contributed by atoms with van der Waals surface area (Å²) in [6.07, 6.45) is 7.34. The lowest BCUT2D eigenvalue weighted by Crippen LogP contribution is -2.15. The van der Waals surface area contributed by atoms with Gasteiger partial charge in [0, 0.05) is 50.9 Å². The van der Waals surface area contributed by atoms with E-state index in [1.807, 2.05) is 31.3 Å². The first-order valence-corrected chi connectivity index (χ1v) is 23.3. The highest BCUT2D eigenvalue weighted by Crippen LogP contribution is 2.53. The molecule has 0 N–H and O–H groups in total. The fourth-order valence-corrected chi connectivity index (χ4v) is 10.7. The molecule has 0 spiro atoms. The average Bonchev–Trinajstić information content (AvgIpc) is 3.90. The van der Waals surface area contributed by atoms with Crippen LogP contribution in [0.1, 0.15) is 49.3 Å². The Morgan fingerprint density at radius 1 is 0.522 bits per heavy atom. The molecule has 0 saturated heterocycles. The number of rotatable bonds is 8. The molecular weight excluding hydrogens is 813 g/mol. The van der Waals surface area contributed by atoms with Gasteiger partial charge in [-0.3, -0.25) is 9.98 Å². The van der Waals surface area contributed by atoms with E-state index < -0.39 is 0 Å². The number of hydrogen-bond donors (Lipinski definition) is 0. The number of pyridine rings is 1. The number of allylic oxidation sites excluding steroid dienone is 2. The molecule has 67 heavy (non-hydrogen) atoms. The van der Waals surface area contributed by atoms with E-state index in [4.69, 9.17) is 0 Å². The lowest BCUT2D eigenvalue weighted by Gasteiger charge is -2.33. The van der Waals surface area contributed by atoms with Crippen molar-refractivity contribution in [2.45, 2.75) is 32.6 Å². The van der Waals surface area contributed by atoms with Gasteiger partial charge < -0.3 is 9.13 Å². The number of benzene rings is 8. The quantitative estimate of drug-likeness (QED) is 0.140. The third-order valence-corrected chi connectivity index (χ3v) is 14.2. The highest BCUT2D eigenvalue weighted by atomic mass is 15.0. The van der Waals surface area contributed by atoms with E-state index in [9.17, 15) is 0 Å². The molecule has 4 nitrogen and oxygen atoms in total. The molecule has 0 bridgehead atoms. The Bertz CT molecular complexity index is 3760. The Morgan fingerprint density at radius 3 is 1.75 bits per heavy atom. The van der Waals surface area contributed by atoms with Crippen molar-refractivity contribution in [2.75, 3.05) is 0 Å². The van der Waals surface area contributed by atoms with Gasteiger partial charge in [0.2, 0.25) is 0 Å². The van der Waals surface area contributed by atoms with Gasteiger partial charge in [-0.05, 0) is 142 Å². The molecule has 0 saturated carbocycles. The lowest BCUT2D eigenvalue weighted by molar-refractivity contribution is 0.619. The molecule has 0 radical (unpaired) electrons. The SMILES string of the molecule is C=CC=N/C(=C\C)c1ccc(-c2ccc3c(c2)c2cc4c(cc2n3-c2ccccc2)-c2ccc3c5cc(-c6ccc(-c7ccccn7)cc6)ccc5n(-c5ccccc5)c3c2C(C)C4C)cc1. The van der Waals surface area contributed by atoms with Crippen molar-refractivity contribution in [3.63, 3.8) is 0 Å². The summed E-state index contributed by atoms with van der Waals surface area (Å²) in [5.41, 5.74) is 21.5. The van der Waals surface area contributed by atoms with Crippen LogP contribution in [0.5, 0.6) is 0 Å². The maximum absolute atomic E-state index is 4.58. The van der Waals surface area contributed by atoms with E-state index in [0.29, 0.717) is 0 Å². The molecule has 1 aliphatic rings. The molecule has 8 aromatic carbocycles. The van der Waals surface area contributed by atoms with Crippen molar-refractivity contribution in [1.82, 2.24) is 14.1 Å². The van der Waals surface area contributed by atoms with Crippen LogP contribution < -0.4 is 0 Å². The van der Waals surface area contributed by atoms with E-state index >= 15 is 0 Å². The predicted molar refractivity (Wildman–Crippen MR) is 284 cm³/mol. The summed E-state index contributed by atoms with van der Waals surface area (Å²) < 4.78 is 4.98. The van der Waals surface area contributed by atoms with E-state index in [0.717, 1.165) is 28.2 Å². The van der Waals surface area contributed by atoms with E-state index in [2.05, 4.69) is 215 Å². The highest BCUT2D eigenvalue weighted by molar-refractivity contribution is 6.15. The van der Waals surface area contributed by atoms with E-state index in [1.165, 1.54) is 93.8 Å². The second-order valence-corrected chi connectivity index (χ2v) is 17.8. The molecule has 0 aliphatic heterocycles. The van der Waals surface area contributed by atoms with Crippen LogP contribution in [0, 0.1) is 0 Å². The Morgan fingerprint density at radius 2 is 1.10 bits per heavy atom. The average molecular weight is 861 g/mol. The second-order valence-electron chi connectivity index (χ2n) is 17.8. The second kappa shape index (κ2) is 16.3. The number of para-hydroxylation sites is 2. The minimum atomic E-state index is 0.253. The maximum Gasteiger partial charge on any atom is 0.0701 e. The van der Waals surface area contributed by atoms with Crippen molar-refractivity contribution in [3.8, 4) is 56.0 Å². The van der Waals surface area contributed by atoms with Gasteiger partial charge in [-0.15, -0.1) is 0 Å². The third-order valence-electron chi connectivity index (χ3n) is 14.2. The minimum Gasteiger partial charge on any atom is -0.309 e. The summed E-state index contributed by atoms with van der Waals surface area (Å²) in [7, 11) is 0. The van der Waals surface area contributed by atoms with Gasteiger partial charge in [-0.2, -0.15) is 0 Å². The van der Waals surface area contributed by atoms with Crippen LogP contribution in [-0.2, 0) is 0 Å². The number of nitrogens with zero attached hydrogens (tertiary/aromatic N) is 4. The molecule has 3 aromatic heterocycles. The summed E-state index contributed by atoms with van der Waals surface area (Å²) in [4.78, 5) is 9.16. The van der Waals surface area contributed by atoms with E-state index in [-0.39, 0.29) is 11.8 Å². The molecule has 11 aromatic rings. The first-order valence-electron chi connectivity index (χ1n) is 23.3. The summed E-state index contributed by atoms with van der Waals surface area (Å²) in [5.74, 6) is 0.520. The van der Waals surface area contributed by atoms with Crippen LogP contribution >= 0.6 is 0 Å². The van der Waals surface area contributed by atoms with Crippen molar-refractivity contribution < 1.29 is 0 Å². The summed E-state index contributed by atoms with van der Waals surface area (Å²) >= 11 is 0. The molecule has 1 aliphatic carbocycles. The topological polar surface area (TPSA) is 35.1 Å². The fraction of sp³-hybridized carbons (Fsp3) is 0.0794. The van der Waals surface area contributed by atoms with Crippen LogP contribution in [0.4, 0.5) is 0 Å². The highest BCUT2D eigenvalue weighted by Gasteiger charge is 2.33. The molecule has 0 amide bonds. The van der Waals surface area contributed by atoms with Crippen LogP contribution in [0.15, 0.2) is 218 Å². The first-order chi connectivity index (χ1) is 33.0. The minimum absolute atomic E-state index is 0.253. The first kappa shape index (κ1) is 40.2. The molecule has 2 atom stereocenters. The number of aromatic nitrogens is 3. The van der Waals surface area contributed by atoms with E-state index in [1.54, 1.807) is 12.3 Å². The van der Waals surface area contributed by atoms with Gasteiger partial charge in [0.25, 0.3) is 0 Å². The standard InChI is InChI=1S/C63H48N4/c1-5-34-64-57(6-2)44-24-20-42(21-25-44)47-28-32-59-55(37-47)56-38-52-40(3)41(4)62-50(53(52)39-61(56)66(59)48-15-9-7-10-16-48)30-31-51-54-36-46(43-22-26-45(27-23-43)58-19-13-14-35-65-58)29-33-60(54)67(63(51)62)49-17-11-8-12-18-49/h5-41H,1H2,2-4H3/b57-6-,64-34?. The Hall–Kier alpha value is -8.34. The van der Waals surface area contributed by atoms with Crippen molar-refractivity contribution in [3.05, 3.63) is 230 Å². The molecule has 4 heteroatoms. The molecule has 320 valence electrons. The summed E-state index contributed by atoms with van der Waals surface area (Å²) in [5, 5.41) is 5.06. The summed E-state index contributed by atoms with van der Waals surface area (Å²) in [6, 6.07) is 69.1. The largest absolute Gasteiger partial charge is 0.309 e. The van der Waals surface area contributed by atoms with Crippen LogP contribution in [-0.4, -0.2) is 20.3 Å². The Balaban J connectivity index is 1.05. The zero-order valence-corrected chi connectivity index (χ0v) is 37.9. The molecule has 3 heterocycles. The molecule has 12 rings (SSSR count). The third kappa shape index (κ3) is 6.59. The van der Waals surface area contributed by atoms with Gasteiger partial charge in [0.05, 0.1) is 33.5 Å². The summed E-state index contributed by atoms with van der Waals surface area (Å²) in [6.45, 7) is 10.7. The lowest BCUT2D eigenvalue weighted by atomic mass is 9.72. The monoisotopic (exact) mass is 860 g/mol. The Kier molecular flexibility index (Phi) is 9.76. The molecular formula is C63H48N4. The number of hydrogen-bond acceptors (Lipinski definition) is 2. The van der Waals surface area contributed by atoms with Gasteiger partial charge in [-0.25, -0.2) is 0 Å². The normalized spacial score (nSPS) is 14.9. The predicted octanol–water partition coefficient (Wildman–Crippen LogP) is 16.8. The molecule has 2 unspecified atom stereocenters. The maximum atomic E-state index is 4.58. The van der Waals surface area contributed by atoms with Crippen LogP contribution in [0.25, 0.3) is 105 Å². The Labute approximate surface area is 391 Å². The van der Waals surface area contributed by atoms with Gasteiger partial charge >= 0.3 is 0 Å². The fourth-order valence-electron chi connectivity index (χ4n) is 10.7. The van der Waals surface area contributed by atoms with Crippen molar-refractivity contribution in [2.24, 2.45) is 4.99 Å². The van der Waals surface area contributed by atoms with Gasteiger partial charge in [-0.1, -0.05) is 148 Å². The van der Waals surface area contributed by atoms with Gasteiger partial charge in [0.15, 0.2) is 0 Å². The smallest absolute Gasteiger partial charge is 0.0701 e. The number of fused-ring (bicyclic) bond motifs is 10. The van der Waals surface area contributed by atoms with Gasteiger partial charge in [0.1, 0.15) is 0 Å². The van der Waals surface area contributed by atoms with Crippen molar-refractivity contribution in [1.29, 1.82) is 0 Å².